The van der Waals surface area contributed by atoms with Crippen LogP contribution in [0.2, 0.25) is 0 Å². The summed E-state index contributed by atoms with van der Waals surface area (Å²) in [6.07, 6.45) is 1.17. The van der Waals surface area contributed by atoms with E-state index in [0.29, 0.717) is 32.2 Å². The Labute approximate surface area is 229 Å². The molecule has 11 N–H and O–H groups in total. The van der Waals surface area contributed by atoms with Gasteiger partial charge >= 0.3 is 0 Å². The Morgan fingerprint density at radius 1 is 0.459 bits per heavy atom. The number of hydrogen-bond donors (Lipinski definition) is 7. The molecule has 0 spiro atoms. The van der Waals surface area contributed by atoms with E-state index < -0.39 is 0 Å². The van der Waals surface area contributed by atoms with Gasteiger partial charge < -0.3 is 38.9 Å². The molecule has 0 aromatic carbocycles. The van der Waals surface area contributed by atoms with Gasteiger partial charge in [0, 0.05) is 137 Å². The lowest BCUT2D eigenvalue weighted by molar-refractivity contribution is 0.163. The molecule has 11 heteroatoms. The molecule has 0 aromatic heterocycles. The lowest BCUT2D eigenvalue weighted by Crippen LogP contribution is -2.47. The lowest BCUT2D eigenvalue weighted by atomic mass is 10.3. The highest BCUT2D eigenvalue weighted by atomic mass is 15.3. The van der Waals surface area contributed by atoms with E-state index in [9.17, 15) is 0 Å². The minimum atomic E-state index is 0.498. The zero-order valence-electron chi connectivity index (χ0n) is 24.7. The van der Waals surface area contributed by atoms with Crippen LogP contribution in [0.3, 0.4) is 0 Å². The first-order chi connectivity index (χ1) is 18.0. The van der Waals surface area contributed by atoms with Gasteiger partial charge in [-0.15, -0.1) is 0 Å². The smallest absolute Gasteiger partial charge is 0.0110 e. The van der Waals surface area contributed by atoms with Crippen molar-refractivity contribution in [3.63, 3.8) is 0 Å². The zero-order valence-corrected chi connectivity index (χ0v) is 24.7. The van der Waals surface area contributed by atoms with Crippen LogP contribution in [-0.2, 0) is 0 Å². The van der Waals surface area contributed by atoms with Gasteiger partial charge in [-0.25, -0.2) is 0 Å². The van der Waals surface area contributed by atoms with Gasteiger partial charge in [0.05, 0.1) is 0 Å². The summed E-state index contributed by atoms with van der Waals surface area (Å²) in [4.78, 5) is 10.1. The summed E-state index contributed by atoms with van der Waals surface area (Å²) in [5, 5.41) is 10.6. The zero-order chi connectivity index (χ0) is 27.6. The van der Waals surface area contributed by atoms with Crippen LogP contribution in [0.25, 0.3) is 0 Å². The summed E-state index contributed by atoms with van der Waals surface area (Å²) in [5.74, 6) is 0. The minimum Gasteiger partial charge on any atom is -0.329 e. The van der Waals surface area contributed by atoms with Crippen LogP contribution in [0.1, 0.15) is 27.2 Å². The highest BCUT2D eigenvalue weighted by Gasteiger charge is 2.13. The molecule has 0 saturated carbocycles. The Balaban J connectivity index is 4.99. The van der Waals surface area contributed by atoms with Crippen LogP contribution in [0.15, 0.2) is 0 Å². The first-order valence-corrected chi connectivity index (χ1v) is 14.8. The van der Waals surface area contributed by atoms with E-state index in [-0.39, 0.29) is 0 Å². The average Bonchev–Trinajstić information content (AvgIpc) is 2.87. The standard InChI is InChI=1S/C26H65N11/c1-4-9-31-11-17-35(16-8-30)21-23-36(18-12-32-10-5-27)24-25-37(19-13-33-26(2)3)22-20-34(14-6-28)15-7-29/h26,31-33H,4-25,27-30H2,1-3H3. The van der Waals surface area contributed by atoms with E-state index in [2.05, 4.69) is 56.3 Å². The molecule has 0 saturated heterocycles. The summed E-state index contributed by atoms with van der Waals surface area (Å²) in [6, 6.07) is 0.498. The van der Waals surface area contributed by atoms with Gasteiger partial charge in [0.1, 0.15) is 0 Å². The fourth-order valence-corrected chi connectivity index (χ4v) is 4.25. The third kappa shape index (κ3) is 23.2. The Kier molecular flexibility index (Phi) is 26.8. The number of nitrogens with one attached hydrogen (secondary N) is 3. The van der Waals surface area contributed by atoms with Crippen molar-refractivity contribution in [1.82, 2.24) is 35.6 Å². The van der Waals surface area contributed by atoms with Gasteiger partial charge in [-0.1, -0.05) is 20.8 Å². The Morgan fingerprint density at radius 3 is 1.22 bits per heavy atom. The lowest BCUT2D eigenvalue weighted by Gasteiger charge is -2.31. The van der Waals surface area contributed by atoms with Gasteiger partial charge in [0.25, 0.3) is 0 Å². The molecule has 0 fully saturated rings. The van der Waals surface area contributed by atoms with Crippen LogP contribution in [-0.4, -0.2) is 163 Å². The van der Waals surface area contributed by atoms with Crippen molar-refractivity contribution in [2.24, 2.45) is 22.9 Å². The van der Waals surface area contributed by atoms with Gasteiger partial charge in [-0.05, 0) is 13.0 Å². The van der Waals surface area contributed by atoms with Crippen molar-refractivity contribution >= 4 is 0 Å². The van der Waals surface area contributed by atoms with Crippen LogP contribution < -0.4 is 38.9 Å². The molecule has 224 valence electrons. The molecule has 0 aliphatic carbocycles. The van der Waals surface area contributed by atoms with Gasteiger partial charge in [-0.2, -0.15) is 0 Å². The fourth-order valence-electron chi connectivity index (χ4n) is 4.25. The SMILES string of the molecule is CCCNCCN(CCN)CCN(CCNCCN)CCN(CCNC(C)C)CCN(CCN)CCN. The second kappa shape index (κ2) is 27.1. The molecule has 0 heterocycles. The van der Waals surface area contributed by atoms with E-state index in [0.717, 1.165) is 111 Å². The number of nitrogens with two attached hydrogens (primary N) is 4. The van der Waals surface area contributed by atoms with E-state index in [1.807, 2.05) is 0 Å². The van der Waals surface area contributed by atoms with E-state index >= 15 is 0 Å². The van der Waals surface area contributed by atoms with Gasteiger partial charge in [-0.3, -0.25) is 19.6 Å². The normalized spacial score (nSPS) is 12.3. The molecule has 0 atom stereocenters. The Bertz CT molecular complexity index is 450. The summed E-state index contributed by atoms with van der Waals surface area (Å²) in [5.41, 5.74) is 23.3. The molecule has 0 amide bonds. The van der Waals surface area contributed by atoms with Crippen molar-refractivity contribution in [2.45, 2.75) is 33.2 Å². The van der Waals surface area contributed by atoms with E-state index in [4.69, 9.17) is 22.9 Å². The molecular formula is C26H65N11. The summed E-state index contributed by atoms with van der Waals surface area (Å²) < 4.78 is 0. The van der Waals surface area contributed by atoms with Crippen molar-refractivity contribution in [1.29, 1.82) is 0 Å². The third-order valence-corrected chi connectivity index (χ3v) is 6.47. The van der Waals surface area contributed by atoms with Crippen LogP contribution in [0.4, 0.5) is 0 Å². The second-order valence-electron chi connectivity index (χ2n) is 10.1. The molecule has 0 unspecified atom stereocenters. The molecule has 0 aromatic rings. The first-order valence-electron chi connectivity index (χ1n) is 14.8. The summed E-state index contributed by atoms with van der Waals surface area (Å²) in [6.45, 7) is 26.3. The van der Waals surface area contributed by atoms with Crippen molar-refractivity contribution < 1.29 is 0 Å². The summed E-state index contributed by atoms with van der Waals surface area (Å²) >= 11 is 0. The second-order valence-corrected chi connectivity index (χ2v) is 10.1. The van der Waals surface area contributed by atoms with Gasteiger partial charge in [0.2, 0.25) is 0 Å². The monoisotopic (exact) mass is 532 g/mol. The predicted molar refractivity (Wildman–Crippen MR) is 161 cm³/mol. The molecule has 0 radical (unpaired) electrons. The molecule has 37 heavy (non-hydrogen) atoms. The van der Waals surface area contributed by atoms with E-state index in [1.54, 1.807) is 0 Å². The fraction of sp³-hybridized carbons (Fsp3) is 1.00. The average molecular weight is 532 g/mol. The quantitative estimate of drug-likeness (QED) is 0.0518. The topological polar surface area (TPSA) is 153 Å². The minimum absolute atomic E-state index is 0.498. The van der Waals surface area contributed by atoms with Crippen molar-refractivity contribution in [3.8, 4) is 0 Å². The van der Waals surface area contributed by atoms with Crippen LogP contribution >= 0.6 is 0 Å². The number of nitrogens with zero attached hydrogens (tertiary/aromatic N) is 4. The molecular weight excluding hydrogens is 466 g/mol. The Hall–Kier alpha value is -0.440. The van der Waals surface area contributed by atoms with Crippen molar-refractivity contribution in [2.75, 3.05) is 137 Å². The van der Waals surface area contributed by atoms with E-state index in [1.165, 1.54) is 6.42 Å². The first kappa shape index (κ1) is 36.6. The number of hydrogen-bond acceptors (Lipinski definition) is 11. The van der Waals surface area contributed by atoms with Crippen LogP contribution in [0, 0.1) is 0 Å². The highest BCUT2D eigenvalue weighted by molar-refractivity contribution is 4.71. The maximum absolute atomic E-state index is 5.92. The third-order valence-electron chi connectivity index (χ3n) is 6.47. The Morgan fingerprint density at radius 2 is 0.838 bits per heavy atom. The molecule has 0 aliphatic heterocycles. The molecule has 11 nitrogen and oxygen atoms in total. The maximum atomic E-state index is 5.92. The molecule has 0 aliphatic rings. The van der Waals surface area contributed by atoms with Crippen molar-refractivity contribution in [3.05, 3.63) is 0 Å². The summed E-state index contributed by atoms with van der Waals surface area (Å²) in [7, 11) is 0. The maximum Gasteiger partial charge on any atom is 0.0110 e. The van der Waals surface area contributed by atoms with Crippen LogP contribution in [0.5, 0.6) is 0 Å². The number of rotatable bonds is 29. The van der Waals surface area contributed by atoms with Gasteiger partial charge in [0.15, 0.2) is 0 Å². The molecule has 0 rings (SSSR count). The highest BCUT2D eigenvalue weighted by Crippen LogP contribution is 1.98. The largest absolute Gasteiger partial charge is 0.329 e. The predicted octanol–water partition coefficient (Wildman–Crippen LogP) is -2.38. The molecule has 0 bridgehead atoms.